The molecule has 0 aliphatic heterocycles. The third kappa shape index (κ3) is 2.67. The fourth-order valence-electron chi connectivity index (χ4n) is 2.17. The van der Waals surface area contributed by atoms with E-state index in [1.54, 1.807) is 0 Å². The minimum Gasteiger partial charge on any atom is -0.381 e. The number of anilines is 1. The van der Waals surface area contributed by atoms with Gasteiger partial charge in [-0.3, -0.25) is 0 Å². The number of benzene rings is 1. The molecule has 1 saturated carbocycles. The molecule has 2 rings (SSSR count). The van der Waals surface area contributed by atoms with Crippen LogP contribution in [-0.4, -0.2) is 6.04 Å². The van der Waals surface area contributed by atoms with E-state index < -0.39 is 0 Å². The van der Waals surface area contributed by atoms with Gasteiger partial charge in [-0.2, -0.15) is 0 Å². The first-order valence-electron chi connectivity index (χ1n) is 5.38. The fourth-order valence-corrected chi connectivity index (χ4v) is 2.89. The Morgan fingerprint density at radius 1 is 1.40 bits per heavy atom. The largest absolute Gasteiger partial charge is 0.381 e. The monoisotopic (exact) mass is 287 g/mol. The predicted molar refractivity (Wildman–Crippen MR) is 69.6 cm³/mol. The van der Waals surface area contributed by atoms with Gasteiger partial charge in [-0.15, -0.1) is 0 Å². The summed E-state index contributed by atoms with van der Waals surface area (Å²) in [6.45, 7) is 2.30. The lowest BCUT2D eigenvalue weighted by molar-refractivity contribution is 0.556. The molecule has 1 fully saturated rings. The number of nitrogens with one attached hydrogen (secondary N) is 1. The van der Waals surface area contributed by atoms with E-state index in [9.17, 15) is 0 Å². The van der Waals surface area contributed by atoms with Gasteiger partial charge in [0.25, 0.3) is 0 Å². The van der Waals surface area contributed by atoms with E-state index in [4.69, 9.17) is 11.6 Å². The summed E-state index contributed by atoms with van der Waals surface area (Å²) in [5, 5.41) is 4.33. The number of hydrogen-bond donors (Lipinski definition) is 1. The molecule has 1 aliphatic rings. The molecule has 0 bridgehead atoms. The highest BCUT2D eigenvalue weighted by Crippen LogP contribution is 2.31. The molecule has 0 heterocycles. The van der Waals surface area contributed by atoms with E-state index in [-0.39, 0.29) is 0 Å². The minimum atomic E-state index is 0.587. The SMILES string of the molecule is CC1CCCC1Nc1ccc(Br)cc1Cl. The summed E-state index contributed by atoms with van der Waals surface area (Å²) in [7, 11) is 0. The Hall–Kier alpha value is -0.210. The minimum absolute atomic E-state index is 0.587. The quantitative estimate of drug-likeness (QED) is 0.831. The summed E-state index contributed by atoms with van der Waals surface area (Å²) >= 11 is 9.57. The van der Waals surface area contributed by atoms with Crippen LogP contribution >= 0.6 is 27.5 Å². The highest BCUT2D eigenvalue weighted by molar-refractivity contribution is 9.10. The third-order valence-electron chi connectivity index (χ3n) is 3.13. The summed E-state index contributed by atoms with van der Waals surface area (Å²) in [6.07, 6.45) is 3.91. The molecule has 1 nitrogen and oxygen atoms in total. The van der Waals surface area contributed by atoms with Gasteiger partial charge in [0.2, 0.25) is 0 Å². The fraction of sp³-hybridized carbons (Fsp3) is 0.500. The van der Waals surface area contributed by atoms with E-state index >= 15 is 0 Å². The second kappa shape index (κ2) is 4.75. The molecule has 2 atom stereocenters. The first-order chi connectivity index (χ1) is 7.16. The van der Waals surface area contributed by atoms with Crippen molar-refractivity contribution in [1.29, 1.82) is 0 Å². The zero-order valence-electron chi connectivity index (χ0n) is 8.76. The number of rotatable bonds is 2. The highest BCUT2D eigenvalue weighted by atomic mass is 79.9. The average molecular weight is 289 g/mol. The Balaban J connectivity index is 2.10. The standard InChI is InChI=1S/C12H15BrClN/c1-8-3-2-4-11(8)15-12-6-5-9(13)7-10(12)14/h5-8,11,15H,2-4H2,1H3. The van der Waals surface area contributed by atoms with Crippen LogP contribution in [0.4, 0.5) is 5.69 Å². The molecule has 1 aromatic rings. The molecule has 3 heteroatoms. The van der Waals surface area contributed by atoms with Crippen molar-refractivity contribution < 1.29 is 0 Å². The van der Waals surface area contributed by atoms with Crippen LogP contribution in [0.2, 0.25) is 5.02 Å². The van der Waals surface area contributed by atoms with Gasteiger partial charge in [0.1, 0.15) is 0 Å². The third-order valence-corrected chi connectivity index (χ3v) is 3.94. The Morgan fingerprint density at radius 3 is 2.80 bits per heavy atom. The lowest BCUT2D eigenvalue weighted by Crippen LogP contribution is -2.21. The lowest BCUT2D eigenvalue weighted by atomic mass is 10.1. The van der Waals surface area contributed by atoms with Crippen LogP contribution < -0.4 is 5.32 Å². The maximum absolute atomic E-state index is 6.16. The van der Waals surface area contributed by atoms with Crippen LogP contribution in [0.3, 0.4) is 0 Å². The van der Waals surface area contributed by atoms with Crippen molar-refractivity contribution in [1.82, 2.24) is 0 Å². The zero-order valence-corrected chi connectivity index (χ0v) is 11.1. The molecule has 1 aliphatic carbocycles. The van der Waals surface area contributed by atoms with Gasteiger partial charge in [0, 0.05) is 10.5 Å². The van der Waals surface area contributed by atoms with Gasteiger partial charge >= 0.3 is 0 Å². The molecular formula is C12H15BrClN. The van der Waals surface area contributed by atoms with E-state index in [1.165, 1.54) is 19.3 Å². The Morgan fingerprint density at radius 2 is 2.20 bits per heavy atom. The topological polar surface area (TPSA) is 12.0 Å². The molecule has 15 heavy (non-hydrogen) atoms. The Bertz CT molecular complexity index is 353. The summed E-state index contributed by atoms with van der Waals surface area (Å²) in [4.78, 5) is 0. The Kier molecular flexibility index (Phi) is 3.57. The highest BCUT2D eigenvalue weighted by Gasteiger charge is 2.23. The van der Waals surface area contributed by atoms with Gasteiger partial charge < -0.3 is 5.32 Å². The van der Waals surface area contributed by atoms with Gasteiger partial charge in [-0.1, -0.05) is 40.9 Å². The van der Waals surface area contributed by atoms with Crippen molar-refractivity contribution in [2.75, 3.05) is 5.32 Å². The molecular weight excluding hydrogens is 273 g/mol. The molecule has 1 aromatic carbocycles. The smallest absolute Gasteiger partial charge is 0.0648 e. The maximum Gasteiger partial charge on any atom is 0.0648 e. The summed E-state index contributed by atoms with van der Waals surface area (Å²) in [6, 6.07) is 6.58. The molecule has 82 valence electrons. The summed E-state index contributed by atoms with van der Waals surface area (Å²) in [5.74, 6) is 0.754. The van der Waals surface area contributed by atoms with E-state index in [0.717, 1.165) is 21.1 Å². The van der Waals surface area contributed by atoms with E-state index in [0.29, 0.717) is 6.04 Å². The van der Waals surface area contributed by atoms with Crippen LogP contribution in [0, 0.1) is 5.92 Å². The van der Waals surface area contributed by atoms with Gasteiger partial charge in [0.05, 0.1) is 10.7 Å². The molecule has 2 unspecified atom stereocenters. The number of hydrogen-bond acceptors (Lipinski definition) is 1. The van der Waals surface area contributed by atoms with Crippen LogP contribution in [0.1, 0.15) is 26.2 Å². The van der Waals surface area contributed by atoms with Crippen molar-refractivity contribution in [3.63, 3.8) is 0 Å². The molecule has 0 radical (unpaired) electrons. The average Bonchev–Trinajstić information content (AvgIpc) is 2.57. The normalized spacial score (nSPS) is 25.5. The van der Waals surface area contributed by atoms with Gasteiger partial charge in [-0.25, -0.2) is 0 Å². The molecule has 0 aromatic heterocycles. The molecule has 1 N–H and O–H groups in total. The summed E-state index contributed by atoms with van der Waals surface area (Å²) in [5.41, 5.74) is 1.05. The van der Waals surface area contributed by atoms with Crippen molar-refractivity contribution in [2.45, 2.75) is 32.2 Å². The second-order valence-electron chi connectivity index (χ2n) is 4.28. The van der Waals surface area contributed by atoms with Crippen molar-refractivity contribution in [3.05, 3.63) is 27.7 Å². The van der Waals surface area contributed by atoms with Crippen LogP contribution in [0.5, 0.6) is 0 Å². The van der Waals surface area contributed by atoms with Crippen molar-refractivity contribution in [2.24, 2.45) is 5.92 Å². The first-order valence-corrected chi connectivity index (χ1v) is 6.55. The second-order valence-corrected chi connectivity index (χ2v) is 5.61. The zero-order chi connectivity index (χ0) is 10.8. The molecule has 0 saturated heterocycles. The Labute approximate surface area is 104 Å². The maximum atomic E-state index is 6.16. The predicted octanol–water partition coefficient (Wildman–Crippen LogP) is 4.70. The number of halogens is 2. The van der Waals surface area contributed by atoms with Crippen LogP contribution in [-0.2, 0) is 0 Å². The molecule has 0 amide bonds. The van der Waals surface area contributed by atoms with Gasteiger partial charge in [0.15, 0.2) is 0 Å². The summed E-state index contributed by atoms with van der Waals surface area (Å²) < 4.78 is 1.03. The lowest BCUT2D eigenvalue weighted by Gasteiger charge is -2.19. The van der Waals surface area contributed by atoms with Gasteiger partial charge in [-0.05, 0) is 37.0 Å². The first kappa shape index (κ1) is 11.3. The van der Waals surface area contributed by atoms with Crippen LogP contribution in [0.25, 0.3) is 0 Å². The van der Waals surface area contributed by atoms with E-state index in [1.807, 2.05) is 18.2 Å². The van der Waals surface area contributed by atoms with E-state index in [2.05, 4.69) is 28.2 Å². The van der Waals surface area contributed by atoms with Crippen molar-refractivity contribution in [3.8, 4) is 0 Å². The van der Waals surface area contributed by atoms with Crippen LogP contribution in [0.15, 0.2) is 22.7 Å². The molecule has 0 spiro atoms. The van der Waals surface area contributed by atoms with Crippen molar-refractivity contribution >= 4 is 33.2 Å².